The highest BCUT2D eigenvalue weighted by Gasteiger charge is 2.37. The first-order chi connectivity index (χ1) is 16.7. The number of hydrogen-bond donors (Lipinski definition) is 3. The molecule has 1 aliphatic rings. The number of methoxy groups -OCH3 is 1. The van der Waals surface area contributed by atoms with Crippen LogP contribution in [0, 0.1) is 0 Å². The number of hydrogen-bond acceptors (Lipinski definition) is 6. The summed E-state index contributed by atoms with van der Waals surface area (Å²) in [5.41, 5.74) is 0.921. The maximum absolute atomic E-state index is 12.9. The number of carbonyl (C=O) groups is 2. The van der Waals surface area contributed by atoms with Crippen molar-refractivity contribution in [3.63, 3.8) is 0 Å². The number of halogens is 1. The number of carbonyl (C=O) groups excluding carboxylic acids is 2. The van der Waals surface area contributed by atoms with Crippen molar-refractivity contribution >= 4 is 33.6 Å². The highest BCUT2D eigenvalue weighted by Crippen LogP contribution is 2.40. The molecule has 0 radical (unpaired) electrons. The number of rotatable bonds is 9. The average molecular weight is 524 g/mol. The highest BCUT2D eigenvalue weighted by atomic mass is 35.5. The van der Waals surface area contributed by atoms with E-state index in [-0.39, 0.29) is 31.3 Å². The monoisotopic (exact) mass is 523 g/mol. The van der Waals surface area contributed by atoms with Gasteiger partial charge in [-0.15, -0.1) is 0 Å². The third kappa shape index (κ3) is 6.58. The minimum absolute atomic E-state index is 0.129. The van der Waals surface area contributed by atoms with Gasteiger partial charge < -0.3 is 20.1 Å². The summed E-state index contributed by atoms with van der Waals surface area (Å²) in [5, 5.41) is 5.68. The summed E-state index contributed by atoms with van der Waals surface area (Å²) in [7, 11) is -2.63. The first kappa shape index (κ1) is 26.6. The Labute approximate surface area is 210 Å². The number of urea groups is 1. The SMILES string of the molecule is CCNC(=O)NS(=O)(=O)C1CC(CCNC(=O)c2cc(Cl)ccc2OC)c2ccc(CC)cc2O1. The van der Waals surface area contributed by atoms with Crippen LogP contribution in [0.5, 0.6) is 11.5 Å². The summed E-state index contributed by atoms with van der Waals surface area (Å²) in [6.07, 6.45) is 1.35. The van der Waals surface area contributed by atoms with Crippen LogP contribution in [0.15, 0.2) is 36.4 Å². The van der Waals surface area contributed by atoms with Gasteiger partial charge in [-0.2, -0.15) is 0 Å². The van der Waals surface area contributed by atoms with Crippen molar-refractivity contribution in [1.29, 1.82) is 0 Å². The van der Waals surface area contributed by atoms with Crippen LogP contribution >= 0.6 is 11.6 Å². The molecule has 11 heteroatoms. The van der Waals surface area contributed by atoms with Gasteiger partial charge in [0.05, 0.1) is 12.7 Å². The van der Waals surface area contributed by atoms with Crippen LogP contribution < -0.4 is 24.8 Å². The van der Waals surface area contributed by atoms with Crippen LogP contribution in [0.3, 0.4) is 0 Å². The van der Waals surface area contributed by atoms with Gasteiger partial charge in [0.15, 0.2) is 0 Å². The Morgan fingerprint density at radius 3 is 2.60 bits per heavy atom. The lowest BCUT2D eigenvalue weighted by Gasteiger charge is -2.32. The zero-order valence-corrected chi connectivity index (χ0v) is 21.5. The van der Waals surface area contributed by atoms with Crippen molar-refractivity contribution < 1.29 is 27.5 Å². The molecule has 3 N–H and O–H groups in total. The number of benzene rings is 2. The van der Waals surface area contributed by atoms with Gasteiger partial charge in [-0.05, 0) is 61.1 Å². The fourth-order valence-electron chi connectivity index (χ4n) is 3.95. The zero-order chi connectivity index (χ0) is 25.6. The van der Waals surface area contributed by atoms with Crippen molar-refractivity contribution in [2.24, 2.45) is 0 Å². The summed E-state index contributed by atoms with van der Waals surface area (Å²) >= 11 is 6.03. The van der Waals surface area contributed by atoms with Crippen LogP contribution in [0.2, 0.25) is 5.02 Å². The van der Waals surface area contributed by atoms with Gasteiger partial charge in [-0.1, -0.05) is 30.7 Å². The van der Waals surface area contributed by atoms with Crippen LogP contribution in [0.4, 0.5) is 4.79 Å². The summed E-state index contributed by atoms with van der Waals surface area (Å²) in [5.74, 6) is 0.301. The van der Waals surface area contributed by atoms with Gasteiger partial charge in [-0.25, -0.2) is 17.9 Å². The molecular weight excluding hydrogens is 494 g/mol. The van der Waals surface area contributed by atoms with E-state index in [0.717, 1.165) is 17.5 Å². The smallest absolute Gasteiger partial charge is 0.328 e. The second-order valence-corrected chi connectivity index (χ2v) is 10.4. The predicted octanol–water partition coefficient (Wildman–Crippen LogP) is 3.57. The molecule has 0 bridgehead atoms. The van der Waals surface area contributed by atoms with E-state index >= 15 is 0 Å². The summed E-state index contributed by atoms with van der Waals surface area (Å²) < 4.78 is 38.8. The van der Waals surface area contributed by atoms with Gasteiger partial charge in [0.2, 0.25) is 5.44 Å². The van der Waals surface area contributed by atoms with Gasteiger partial charge in [0.25, 0.3) is 15.9 Å². The zero-order valence-electron chi connectivity index (χ0n) is 19.9. The molecule has 2 aromatic carbocycles. The standard InChI is InChI=1S/C24H30ClN3O6S/c1-4-15-6-8-18-16(10-11-27-23(29)19-14-17(25)7-9-20(19)33-3)13-22(34-21(18)12-15)35(31,32)28-24(30)26-5-2/h6-9,12,14,16,22H,4-5,10-11,13H2,1-3H3,(H,27,29)(H2,26,28,30). The van der Waals surface area contributed by atoms with E-state index in [1.54, 1.807) is 19.1 Å². The van der Waals surface area contributed by atoms with Crippen molar-refractivity contribution in [3.05, 3.63) is 58.1 Å². The number of aryl methyl sites for hydroxylation is 1. The lowest BCUT2D eigenvalue weighted by atomic mass is 9.89. The van der Waals surface area contributed by atoms with Crippen molar-refractivity contribution in [2.75, 3.05) is 20.2 Å². The lowest BCUT2D eigenvalue weighted by Crippen LogP contribution is -2.47. The third-order valence-corrected chi connectivity index (χ3v) is 7.45. The molecule has 1 heterocycles. The molecule has 0 fully saturated rings. The number of ether oxygens (including phenoxy) is 2. The maximum Gasteiger partial charge on any atom is 0.328 e. The molecule has 0 aliphatic carbocycles. The molecule has 190 valence electrons. The molecule has 1 aliphatic heterocycles. The molecule has 2 unspecified atom stereocenters. The van der Waals surface area contributed by atoms with Crippen molar-refractivity contribution in [3.8, 4) is 11.5 Å². The maximum atomic E-state index is 12.9. The molecule has 0 saturated heterocycles. The normalized spacial score (nSPS) is 17.0. The summed E-state index contributed by atoms with van der Waals surface area (Å²) in [4.78, 5) is 24.6. The average Bonchev–Trinajstić information content (AvgIpc) is 2.83. The topological polar surface area (TPSA) is 123 Å². The van der Waals surface area contributed by atoms with E-state index in [1.165, 1.54) is 13.2 Å². The Hall–Kier alpha value is -2.98. The molecule has 0 aromatic heterocycles. The first-order valence-corrected chi connectivity index (χ1v) is 13.3. The van der Waals surface area contributed by atoms with Crippen molar-refractivity contribution in [1.82, 2.24) is 15.4 Å². The van der Waals surface area contributed by atoms with Crippen LogP contribution in [0.1, 0.15) is 54.1 Å². The van der Waals surface area contributed by atoms with E-state index in [2.05, 4.69) is 10.6 Å². The Morgan fingerprint density at radius 2 is 1.91 bits per heavy atom. The quantitative estimate of drug-likeness (QED) is 0.462. The minimum Gasteiger partial charge on any atom is -0.496 e. The fraction of sp³-hybridized carbons (Fsp3) is 0.417. The second-order valence-electron chi connectivity index (χ2n) is 8.10. The van der Waals surface area contributed by atoms with Gasteiger partial charge in [0, 0.05) is 24.5 Å². The third-order valence-electron chi connectivity index (χ3n) is 5.76. The number of nitrogens with one attached hydrogen (secondary N) is 3. The molecule has 3 rings (SSSR count). The molecule has 2 aromatic rings. The number of amides is 3. The van der Waals surface area contributed by atoms with Crippen LogP contribution in [0.25, 0.3) is 0 Å². The van der Waals surface area contributed by atoms with Gasteiger partial charge in [-0.3, -0.25) is 4.79 Å². The van der Waals surface area contributed by atoms with E-state index in [1.807, 2.05) is 29.8 Å². The predicted molar refractivity (Wildman–Crippen MR) is 134 cm³/mol. The molecule has 35 heavy (non-hydrogen) atoms. The summed E-state index contributed by atoms with van der Waals surface area (Å²) in [6, 6.07) is 9.72. The van der Waals surface area contributed by atoms with Crippen LogP contribution in [-0.4, -0.2) is 46.0 Å². The molecule has 2 atom stereocenters. The first-order valence-electron chi connectivity index (χ1n) is 11.4. The Bertz CT molecular complexity index is 1190. The Morgan fingerprint density at radius 1 is 1.14 bits per heavy atom. The van der Waals surface area contributed by atoms with E-state index in [0.29, 0.717) is 28.5 Å². The summed E-state index contributed by atoms with van der Waals surface area (Å²) in [6.45, 7) is 4.25. The van der Waals surface area contributed by atoms with Gasteiger partial charge >= 0.3 is 6.03 Å². The Balaban J connectivity index is 1.77. The Kier molecular flexibility index (Phi) is 8.85. The van der Waals surface area contributed by atoms with E-state index < -0.39 is 21.5 Å². The van der Waals surface area contributed by atoms with Crippen LogP contribution in [-0.2, 0) is 16.4 Å². The van der Waals surface area contributed by atoms with Crippen molar-refractivity contribution in [2.45, 2.75) is 44.5 Å². The van der Waals surface area contributed by atoms with E-state index in [9.17, 15) is 18.0 Å². The largest absolute Gasteiger partial charge is 0.496 e. The molecular formula is C24H30ClN3O6S. The van der Waals surface area contributed by atoms with E-state index in [4.69, 9.17) is 21.1 Å². The molecule has 3 amide bonds. The van der Waals surface area contributed by atoms with Gasteiger partial charge in [0.1, 0.15) is 11.5 Å². The molecule has 0 spiro atoms. The molecule has 0 saturated carbocycles. The minimum atomic E-state index is -4.10. The number of fused-ring (bicyclic) bond motifs is 1. The lowest BCUT2D eigenvalue weighted by molar-refractivity contribution is 0.0948. The highest BCUT2D eigenvalue weighted by molar-refractivity contribution is 7.90. The second kappa shape index (κ2) is 11.6. The molecule has 9 nitrogen and oxygen atoms in total. The number of sulfonamides is 1. The fourth-order valence-corrected chi connectivity index (χ4v) is 5.30.